The van der Waals surface area contributed by atoms with Crippen LogP contribution in [0.25, 0.3) is 10.8 Å². The van der Waals surface area contributed by atoms with E-state index in [9.17, 15) is 0 Å². The van der Waals surface area contributed by atoms with Crippen molar-refractivity contribution in [2.75, 3.05) is 13.7 Å². The molecule has 2 N–H and O–H groups in total. The van der Waals surface area contributed by atoms with E-state index in [1.165, 1.54) is 10.8 Å². The fourth-order valence-electron chi connectivity index (χ4n) is 2.27. The lowest BCUT2D eigenvalue weighted by Gasteiger charge is -2.03. The van der Waals surface area contributed by atoms with E-state index in [2.05, 4.69) is 40.5 Å². The molecular formula is C16H17N3O2. The van der Waals surface area contributed by atoms with Crippen molar-refractivity contribution >= 4 is 10.8 Å². The van der Waals surface area contributed by atoms with Crippen molar-refractivity contribution in [1.29, 1.82) is 0 Å². The lowest BCUT2D eigenvalue weighted by atomic mass is 10.1. The van der Waals surface area contributed by atoms with Crippen LogP contribution in [0, 0.1) is 0 Å². The molecule has 0 saturated heterocycles. The highest BCUT2D eigenvalue weighted by atomic mass is 16.5. The molecule has 0 amide bonds. The highest BCUT2D eigenvalue weighted by Gasteiger charge is 2.14. The fourth-order valence-corrected chi connectivity index (χ4v) is 2.27. The number of nitrogens with two attached hydrogens (primary N) is 1. The molecule has 1 aromatic heterocycles. The van der Waals surface area contributed by atoms with Crippen molar-refractivity contribution < 1.29 is 9.26 Å². The Bertz CT molecular complexity index is 739. The third-order valence-electron chi connectivity index (χ3n) is 3.33. The van der Waals surface area contributed by atoms with Crippen molar-refractivity contribution in [3.8, 4) is 0 Å². The second kappa shape index (κ2) is 6.03. The van der Waals surface area contributed by atoms with E-state index in [0.717, 1.165) is 5.56 Å². The van der Waals surface area contributed by atoms with Gasteiger partial charge in [-0.3, -0.25) is 0 Å². The van der Waals surface area contributed by atoms with Crippen LogP contribution in [-0.2, 0) is 11.2 Å². The number of methoxy groups -OCH3 is 1. The van der Waals surface area contributed by atoms with Gasteiger partial charge in [0.25, 0.3) is 0 Å². The Balaban J connectivity index is 1.78. The summed E-state index contributed by atoms with van der Waals surface area (Å²) < 4.78 is 10.2. The first-order valence-electron chi connectivity index (χ1n) is 6.81. The van der Waals surface area contributed by atoms with Gasteiger partial charge in [-0.1, -0.05) is 47.6 Å². The maximum absolute atomic E-state index is 5.88. The molecule has 0 aliphatic heterocycles. The SMILES string of the molecule is COCC(N)c1noc(Cc2ccc3ccccc3c2)n1. The van der Waals surface area contributed by atoms with Crippen molar-refractivity contribution in [3.63, 3.8) is 0 Å². The van der Waals surface area contributed by atoms with E-state index in [1.807, 2.05) is 12.1 Å². The van der Waals surface area contributed by atoms with Crippen LogP contribution in [0.1, 0.15) is 23.3 Å². The largest absolute Gasteiger partial charge is 0.383 e. The van der Waals surface area contributed by atoms with Crippen molar-refractivity contribution in [3.05, 3.63) is 59.7 Å². The average molecular weight is 283 g/mol. The van der Waals surface area contributed by atoms with Gasteiger partial charge in [-0.2, -0.15) is 4.98 Å². The van der Waals surface area contributed by atoms with Crippen LogP contribution in [0.4, 0.5) is 0 Å². The molecule has 0 radical (unpaired) electrons. The summed E-state index contributed by atoms with van der Waals surface area (Å²) in [6, 6.07) is 14.2. The molecule has 0 aliphatic carbocycles. The van der Waals surface area contributed by atoms with Crippen LogP contribution < -0.4 is 5.73 Å². The van der Waals surface area contributed by atoms with Crippen LogP contribution >= 0.6 is 0 Å². The third kappa shape index (κ3) is 3.09. The maximum atomic E-state index is 5.88. The Morgan fingerprint density at radius 1 is 1.19 bits per heavy atom. The van der Waals surface area contributed by atoms with E-state index in [0.29, 0.717) is 24.7 Å². The van der Waals surface area contributed by atoms with E-state index in [1.54, 1.807) is 7.11 Å². The third-order valence-corrected chi connectivity index (χ3v) is 3.33. The Morgan fingerprint density at radius 2 is 2.00 bits per heavy atom. The number of ether oxygens (including phenoxy) is 1. The number of hydrogen-bond donors (Lipinski definition) is 1. The molecule has 5 heteroatoms. The molecule has 2 aromatic carbocycles. The van der Waals surface area contributed by atoms with Crippen LogP contribution in [-0.4, -0.2) is 23.9 Å². The number of fused-ring (bicyclic) bond motifs is 1. The normalized spacial score (nSPS) is 12.7. The van der Waals surface area contributed by atoms with Crippen molar-refractivity contribution in [2.45, 2.75) is 12.5 Å². The van der Waals surface area contributed by atoms with Gasteiger partial charge >= 0.3 is 0 Å². The first-order chi connectivity index (χ1) is 10.3. The summed E-state index contributed by atoms with van der Waals surface area (Å²) in [4.78, 5) is 4.32. The Morgan fingerprint density at radius 3 is 2.81 bits per heavy atom. The van der Waals surface area contributed by atoms with E-state index in [-0.39, 0.29) is 6.04 Å². The summed E-state index contributed by atoms with van der Waals surface area (Å²) >= 11 is 0. The average Bonchev–Trinajstić information content (AvgIpc) is 2.96. The fraction of sp³-hybridized carbons (Fsp3) is 0.250. The number of rotatable bonds is 5. The van der Waals surface area contributed by atoms with Gasteiger partial charge in [-0.05, 0) is 16.3 Å². The zero-order chi connectivity index (χ0) is 14.7. The smallest absolute Gasteiger partial charge is 0.231 e. The first kappa shape index (κ1) is 13.7. The molecule has 3 aromatic rings. The molecular weight excluding hydrogens is 266 g/mol. The zero-order valence-corrected chi connectivity index (χ0v) is 11.8. The van der Waals surface area contributed by atoms with Crippen LogP contribution in [0.15, 0.2) is 47.0 Å². The monoisotopic (exact) mass is 283 g/mol. The number of hydrogen-bond acceptors (Lipinski definition) is 5. The lowest BCUT2D eigenvalue weighted by Crippen LogP contribution is -2.17. The molecule has 0 saturated carbocycles. The summed E-state index contributed by atoms with van der Waals surface area (Å²) in [6.45, 7) is 0.370. The van der Waals surface area contributed by atoms with Gasteiger partial charge in [0.1, 0.15) is 0 Å². The molecule has 1 heterocycles. The summed E-state index contributed by atoms with van der Waals surface area (Å²) in [5.41, 5.74) is 7.01. The van der Waals surface area contributed by atoms with Crippen LogP contribution in [0.5, 0.6) is 0 Å². The number of nitrogens with zero attached hydrogens (tertiary/aromatic N) is 2. The van der Waals surface area contributed by atoms with Crippen molar-refractivity contribution in [2.24, 2.45) is 5.73 Å². The Labute approximate surface area is 122 Å². The predicted octanol–water partition coefficient (Wildman–Crippen LogP) is 2.46. The van der Waals surface area contributed by atoms with Gasteiger partial charge in [0.15, 0.2) is 5.82 Å². The molecule has 0 spiro atoms. The molecule has 0 fully saturated rings. The van der Waals surface area contributed by atoms with E-state index in [4.69, 9.17) is 15.0 Å². The summed E-state index contributed by atoms with van der Waals surface area (Å²) in [6.07, 6.45) is 0.595. The molecule has 1 atom stereocenters. The summed E-state index contributed by atoms with van der Waals surface area (Å²) in [7, 11) is 1.59. The van der Waals surface area contributed by atoms with Crippen LogP contribution in [0.3, 0.4) is 0 Å². The van der Waals surface area contributed by atoms with Gasteiger partial charge in [-0.15, -0.1) is 0 Å². The minimum absolute atomic E-state index is 0.357. The summed E-state index contributed by atoms with van der Waals surface area (Å²) in [5, 5.41) is 6.32. The topological polar surface area (TPSA) is 74.2 Å². The van der Waals surface area contributed by atoms with E-state index < -0.39 is 0 Å². The molecule has 0 aliphatic rings. The van der Waals surface area contributed by atoms with E-state index >= 15 is 0 Å². The second-order valence-corrected chi connectivity index (χ2v) is 4.97. The molecule has 108 valence electrons. The van der Waals surface area contributed by atoms with Gasteiger partial charge in [-0.25, -0.2) is 0 Å². The second-order valence-electron chi connectivity index (χ2n) is 4.97. The number of benzene rings is 2. The van der Waals surface area contributed by atoms with Crippen molar-refractivity contribution in [1.82, 2.24) is 10.1 Å². The zero-order valence-electron chi connectivity index (χ0n) is 11.8. The minimum Gasteiger partial charge on any atom is -0.383 e. The molecule has 1 unspecified atom stereocenters. The standard InChI is InChI=1S/C16H17N3O2/c1-20-10-14(17)16-18-15(21-19-16)9-11-6-7-12-4-2-3-5-13(12)8-11/h2-8,14H,9-10,17H2,1H3. The maximum Gasteiger partial charge on any atom is 0.231 e. The van der Waals surface area contributed by atoms with Gasteiger partial charge < -0.3 is 15.0 Å². The highest BCUT2D eigenvalue weighted by molar-refractivity contribution is 5.83. The lowest BCUT2D eigenvalue weighted by molar-refractivity contribution is 0.177. The quantitative estimate of drug-likeness (QED) is 0.778. The van der Waals surface area contributed by atoms with Gasteiger partial charge in [0.2, 0.25) is 5.89 Å². The first-order valence-corrected chi connectivity index (χ1v) is 6.81. The minimum atomic E-state index is -0.357. The summed E-state index contributed by atoms with van der Waals surface area (Å²) in [5.74, 6) is 1.04. The van der Waals surface area contributed by atoms with Crippen LogP contribution in [0.2, 0.25) is 0 Å². The number of aromatic nitrogens is 2. The van der Waals surface area contributed by atoms with Gasteiger partial charge in [0, 0.05) is 7.11 Å². The molecule has 21 heavy (non-hydrogen) atoms. The molecule has 5 nitrogen and oxygen atoms in total. The molecule has 0 bridgehead atoms. The van der Waals surface area contributed by atoms with Gasteiger partial charge in [0.05, 0.1) is 19.1 Å². The highest BCUT2D eigenvalue weighted by Crippen LogP contribution is 2.18. The molecule has 3 rings (SSSR count). The predicted molar refractivity (Wildman–Crippen MR) is 79.9 cm³/mol. The Kier molecular flexibility index (Phi) is 3.94. The Hall–Kier alpha value is -2.24.